The first-order valence-electron chi connectivity index (χ1n) is 8.95. The minimum absolute atomic E-state index is 0. The summed E-state index contributed by atoms with van der Waals surface area (Å²) in [7, 11) is 3.01. The van der Waals surface area contributed by atoms with Gasteiger partial charge >= 0.3 is 5.69 Å². The van der Waals surface area contributed by atoms with Gasteiger partial charge in [0.2, 0.25) is 5.91 Å². The molecule has 0 saturated carbocycles. The van der Waals surface area contributed by atoms with Gasteiger partial charge in [-0.2, -0.15) is 0 Å². The molecule has 1 saturated heterocycles. The van der Waals surface area contributed by atoms with Crippen LogP contribution in [0.4, 0.5) is 0 Å². The lowest BCUT2D eigenvalue weighted by Gasteiger charge is -2.38. The van der Waals surface area contributed by atoms with Crippen LogP contribution in [0.5, 0.6) is 0 Å². The first-order chi connectivity index (χ1) is 12.3. The third kappa shape index (κ3) is 3.79. The van der Waals surface area contributed by atoms with Gasteiger partial charge in [0.25, 0.3) is 5.56 Å². The molecule has 1 aliphatic rings. The number of carbonyl (C=O) groups is 1. The zero-order valence-corrected chi connectivity index (χ0v) is 16.7. The van der Waals surface area contributed by atoms with E-state index >= 15 is 0 Å². The number of nitrogens with zero attached hydrogens (tertiary/aromatic N) is 5. The third-order valence-electron chi connectivity index (χ3n) is 5.35. The highest BCUT2D eigenvalue weighted by Crippen LogP contribution is 2.22. The molecule has 0 aromatic carbocycles. The molecule has 3 rings (SSSR count). The molecule has 1 amide bonds. The summed E-state index contributed by atoms with van der Waals surface area (Å²) in [6, 6.07) is 0.0828. The van der Waals surface area contributed by atoms with Crippen LogP contribution in [0.15, 0.2) is 15.9 Å². The average molecular weight is 399 g/mol. The van der Waals surface area contributed by atoms with Gasteiger partial charge in [-0.15, -0.1) is 12.4 Å². The van der Waals surface area contributed by atoms with Crippen LogP contribution in [0.25, 0.3) is 11.2 Å². The average Bonchev–Trinajstić information content (AvgIpc) is 3.06. The standard InChI is InChI=1S/C17H26N6O3.ClH/c1-11-4-7-23(12(8-11)9-18)13(24)5-6-22-10-19-15-14(22)16(25)21(3)17(26)20(15)2;/h10-12H,4-9,18H2,1-3H3;1H. The van der Waals surface area contributed by atoms with E-state index in [1.54, 1.807) is 11.6 Å². The Labute approximate surface area is 163 Å². The molecule has 3 heterocycles. The minimum atomic E-state index is -0.419. The van der Waals surface area contributed by atoms with Gasteiger partial charge < -0.3 is 15.2 Å². The van der Waals surface area contributed by atoms with Crippen molar-refractivity contribution in [3.63, 3.8) is 0 Å². The van der Waals surface area contributed by atoms with E-state index in [0.717, 1.165) is 24.0 Å². The van der Waals surface area contributed by atoms with Gasteiger partial charge in [0.15, 0.2) is 11.2 Å². The molecule has 0 spiro atoms. The molecule has 2 atom stereocenters. The first kappa shape index (κ1) is 21.2. The Balaban J connectivity index is 0.00000261. The van der Waals surface area contributed by atoms with Crippen molar-refractivity contribution in [1.82, 2.24) is 23.6 Å². The number of aromatic nitrogens is 4. The van der Waals surface area contributed by atoms with Crippen molar-refractivity contribution < 1.29 is 4.79 Å². The van der Waals surface area contributed by atoms with Gasteiger partial charge in [0.1, 0.15) is 0 Å². The number of likely N-dealkylation sites (tertiary alicyclic amines) is 1. The zero-order valence-electron chi connectivity index (χ0n) is 15.9. The van der Waals surface area contributed by atoms with E-state index in [4.69, 9.17) is 5.73 Å². The van der Waals surface area contributed by atoms with E-state index < -0.39 is 11.2 Å². The molecule has 9 nitrogen and oxygen atoms in total. The second-order valence-corrected chi connectivity index (χ2v) is 7.17. The fourth-order valence-electron chi connectivity index (χ4n) is 3.73. The molecule has 2 aromatic rings. The van der Waals surface area contributed by atoms with Crippen LogP contribution in [0.1, 0.15) is 26.2 Å². The largest absolute Gasteiger partial charge is 0.338 e. The molecule has 1 fully saturated rings. The summed E-state index contributed by atoms with van der Waals surface area (Å²) < 4.78 is 4.05. The molecule has 0 aliphatic carbocycles. The van der Waals surface area contributed by atoms with Crippen LogP contribution in [-0.2, 0) is 25.4 Å². The third-order valence-corrected chi connectivity index (χ3v) is 5.35. The van der Waals surface area contributed by atoms with Gasteiger partial charge in [0, 0.05) is 46.2 Å². The molecule has 2 N–H and O–H groups in total. The smallest absolute Gasteiger partial charge is 0.332 e. The van der Waals surface area contributed by atoms with E-state index in [-0.39, 0.29) is 30.8 Å². The Bertz CT molecular complexity index is 947. The predicted molar refractivity (Wildman–Crippen MR) is 105 cm³/mol. The van der Waals surface area contributed by atoms with Crippen LogP contribution in [-0.4, -0.2) is 48.6 Å². The Kier molecular flexibility index (Phi) is 6.48. The second kappa shape index (κ2) is 8.26. The SMILES string of the molecule is CC1CCN(C(=O)CCn2cnc3c2c(=O)n(C)c(=O)n3C)C(CN)C1.Cl. The fourth-order valence-corrected chi connectivity index (χ4v) is 3.73. The number of rotatable bonds is 4. The lowest BCUT2D eigenvalue weighted by Crippen LogP contribution is -2.49. The molecular weight excluding hydrogens is 372 g/mol. The molecule has 1 aliphatic heterocycles. The number of halogens is 1. The van der Waals surface area contributed by atoms with E-state index in [2.05, 4.69) is 11.9 Å². The number of piperidine rings is 1. The summed E-state index contributed by atoms with van der Waals surface area (Å²) in [4.78, 5) is 43.2. The molecule has 2 aromatic heterocycles. The minimum Gasteiger partial charge on any atom is -0.338 e. The Morgan fingerprint density at radius 1 is 1.30 bits per heavy atom. The summed E-state index contributed by atoms with van der Waals surface area (Å²) in [6.45, 7) is 3.71. The van der Waals surface area contributed by atoms with E-state index in [1.165, 1.54) is 17.9 Å². The van der Waals surface area contributed by atoms with Gasteiger partial charge in [-0.25, -0.2) is 9.78 Å². The Morgan fingerprint density at radius 2 is 2.00 bits per heavy atom. The molecule has 150 valence electrons. The number of hydrogen-bond donors (Lipinski definition) is 1. The van der Waals surface area contributed by atoms with Crippen molar-refractivity contribution in [2.45, 2.75) is 38.8 Å². The highest BCUT2D eigenvalue weighted by molar-refractivity contribution is 5.85. The van der Waals surface area contributed by atoms with Crippen molar-refractivity contribution in [3.8, 4) is 0 Å². The zero-order chi connectivity index (χ0) is 19.0. The number of amides is 1. The summed E-state index contributed by atoms with van der Waals surface area (Å²) in [5, 5.41) is 0. The summed E-state index contributed by atoms with van der Waals surface area (Å²) in [5.41, 5.74) is 5.69. The number of aryl methyl sites for hydroxylation is 2. The van der Waals surface area contributed by atoms with E-state index in [9.17, 15) is 14.4 Å². The molecule has 10 heteroatoms. The van der Waals surface area contributed by atoms with Crippen LogP contribution in [0.3, 0.4) is 0 Å². The van der Waals surface area contributed by atoms with E-state index in [0.29, 0.717) is 30.2 Å². The van der Waals surface area contributed by atoms with Crippen molar-refractivity contribution in [1.29, 1.82) is 0 Å². The predicted octanol–water partition coefficient (Wildman–Crippen LogP) is -0.169. The fraction of sp³-hybridized carbons (Fsp3) is 0.647. The highest BCUT2D eigenvalue weighted by Gasteiger charge is 2.28. The van der Waals surface area contributed by atoms with Crippen molar-refractivity contribution >= 4 is 29.5 Å². The van der Waals surface area contributed by atoms with Crippen molar-refractivity contribution in [3.05, 3.63) is 27.2 Å². The summed E-state index contributed by atoms with van der Waals surface area (Å²) in [5.74, 6) is 0.616. The van der Waals surface area contributed by atoms with Crippen molar-refractivity contribution in [2.24, 2.45) is 25.7 Å². The second-order valence-electron chi connectivity index (χ2n) is 7.17. The monoisotopic (exact) mass is 398 g/mol. The van der Waals surface area contributed by atoms with Crippen molar-refractivity contribution in [2.75, 3.05) is 13.1 Å². The van der Waals surface area contributed by atoms with Gasteiger partial charge in [-0.05, 0) is 18.8 Å². The summed E-state index contributed by atoms with van der Waals surface area (Å²) >= 11 is 0. The number of imidazole rings is 1. The van der Waals surface area contributed by atoms with Crippen LogP contribution < -0.4 is 17.0 Å². The maximum absolute atomic E-state index is 12.7. The van der Waals surface area contributed by atoms with Gasteiger partial charge in [-0.1, -0.05) is 6.92 Å². The lowest BCUT2D eigenvalue weighted by atomic mass is 9.92. The van der Waals surface area contributed by atoms with Crippen LogP contribution >= 0.6 is 12.4 Å². The van der Waals surface area contributed by atoms with Gasteiger partial charge in [0.05, 0.1) is 6.33 Å². The molecular formula is C17H27ClN6O3. The normalized spacial score (nSPS) is 19.9. The lowest BCUT2D eigenvalue weighted by molar-refractivity contribution is -0.135. The highest BCUT2D eigenvalue weighted by atomic mass is 35.5. The molecule has 27 heavy (non-hydrogen) atoms. The van der Waals surface area contributed by atoms with Crippen LogP contribution in [0.2, 0.25) is 0 Å². The maximum Gasteiger partial charge on any atom is 0.332 e. The maximum atomic E-state index is 12.7. The van der Waals surface area contributed by atoms with Gasteiger partial charge in [-0.3, -0.25) is 18.7 Å². The Hall–Kier alpha value is -2.13. The number of fused-ring (bicyclic) bond motifs is 1. The number of hydrogen-bond acceptors (Lipinski definition) is 5. The Morgan fingerprint density at radius 3 is 2.67 bits per heavy atom. The first-order valence-corrected chi connectivity index (χ1v) is 8.95. The number of carbonyl (C=O) groups excluding carboxylic acids is 1. The molecule has 0 bridgehead atoms. The quantitative estimate of drug-likeness (QED) is 0.769. The van der Waals surface area contributed by atoms with E-state index in [1.807, 2.05) is 4.90 Å². The molecule has 2 unspecified atom stereocenters. The molecule has 0 radical (unpaired) electrons. The summed E-state index contributed by atoms with van der Waals surface area (Å²) in [6.07, 6.45) is 3.69. The topological polar surface area (TPSA) is 108 Å². The van der Waals surface area contributed by atoms with Crippen LogP contribution in [0, 0.1) is 5.92 Å². The number of nitrogens with two attached hydrogens (primary N) is 1.